The molecule has 0 aliphatic heterocycles. The molecule has 0 unspecified atom stereocenters. The first kappa shape index (κ1) is 14.8. The SMILES string of the molecule is COc1ccc(Cc2c(-c3ccccc3)n[nH]c2C(=O)O)cc1. The van der Waals surface area contributed by atoms with Crippen molar-refractivity contribution in [2.75, 3.05) is 7.11 Å². The summed E-state index contributed by atoms with van der Waals surface area (Å²) in [7, 11) is 1.61. The standard InChI is InChI=1S/C18H16N2O3/c1-23-14-9-7-12(8-10-14)11-15-16(13-5-3-2-4-6-13)19-20-17(15)18(21)22/h2-10H,11H2,1H3,(H,19,20)(H,21,22). The molecule has 0 spiro atoms. The maximum absolute atomic E-state index is 11.5. The molecule has 0 amide bonds. The van der Waals surface area contributed by atoms with Crippen molar-refractivity contribution in [3.63, 3.8) is 0 Å². The molecule has 0 saturated heterocycles. The van der Waals surface area contributed by atoms with Gasteiger partial charge in [0.1, 0.15) is 11.4 Å². The number of aromatic amines is 1. The summed E-state index contributed by atoms with van der Waals surface area (Å²) in [6, 6.07) is 17.1. The summed E-state index contributed by atoms with van der Waals surface area (Å²) in [5, 5.41) is 16.2. The summed E-state index contributed by atoms with van der Waals surface area (Å²) in [6.45, 7) is 0. The lowest BCUT2D eigenvalue weighted by Crippen LogP contribution is -2.02. The maximum Gasteiger partial charge on any atom is 0.354 e. The number of carbonyl (C=O) groups is 1. The first-order valence-corrected chi connectivity index (χ1v) is 7.18. The molecule has 0 fully saturated rings. The van der Waals surface area contributed by atoms with E-state index in [2.05, 4.69) is 10.2 Å². The maximum atomic E-state index is 11.5. The van der Waals surface area contributed by atoms with Gasteiger partial charge in [-0.2, -0.15) is 5.10 Å². The highest BCUT2D eigenvalue weighted by Crippen LogP contribution is 2.26. The number of hydrogen-bond acceptors (Lipinski definition) is 3. The molecule has 5 nitrogen and oxygen atoms in total. The number of methoxy groups -OCH3 is 1. The molecule has 0 bridgehead atoms. The van der Waals surface area contributed by atoms with Crippen molar-refractivity contribution >= 4 is 5.97 Å². The average molecular weight is 308 g/mol. The number of nitrogens with zero attached hydrogens (tertiary/aromatic N) is 1. The smallest absolute Gasteiger partial charge is 0.354 e. The van der Waals surface area contributed by atoms with Gasteiger partial charge in [0.15, 0.2) is 0 Å². The summed E-state index contributed by atoms with van der Waals surface area (Å²) >= 11 is 0. The van der Waals surface area contributed by atoms with E-state index in [0.29, 0.717) is 17.7 Å². The fourth-order valence-electron chi connectivity index (χ4n) is 2.50. The van der Waals surface area contributed by atoms with Crippen molar-refractivity contribution in [3.8, 4) is 17.0 Å². The van der Waals surface area contributed by atoms with Gasteiger partial charge in [-0.1, -0.05) is 42.5 Å². The number of aromatic carboxylic acids is 1. The molecule has 2 aromatic carbocycles. The first-order valence-electron chi connectivity index (χ1n) is 7.18. The highest BCUT2D eigenvalue weighted by Gasteiger charge is 2.19. The normalized spacial score (nSPS) is 10.5. The van der Waals surface area contributed by atoms with Crippen LogP contribution in [0.15, 0.2) is 54.6 Å². The molecule has 0 aliphatic rings. The van der Waals surface area contributed by atoms with Crippen molar-refractivity contribution in [1.29, 1.82) is 0 Å². The summed E-state index contributed by atoms with van der Waals surface area (Å²) < 4.78 is 5.15. The summed E-state index contributed by atoms with van der Waals surface area (Å²) in [6.07, 6.45) is 0.479. The van der Waals surface area contributed by atoms with E-state index in [4.69, 9.17) is 4.74 Å². The van der Waals surface area contributed by atoms with Crippen LogP contribution in [0.1, 0.15) is 21.6 Å². The molecule has 1 heterocycles. The molecule has 3 aromatic rings. The van der Waals surface area contributed by atoms with Gasteiger partial charge in [-0.15, -0.1) is 0 Å². The van der Waals surface area contributed by atoms with Crippen LogP contribution in [-0.2, 0) is 6.42 Å². The second kappa shape index (κ2) is 6.36. The van der Waals surface area contributed by atoms with Gasteiger partial charge in [-0.3, -0.25) is 5.10 Å². The van der Waals surface area contributed by atoms with Crippen LogP contribution < -0.4 is 4.74 Å². The number of H-pyrrole nitrogens is 1. The quantitative estimate of drug-likeness (QED) is 0.757. The Kier molecular flexibility index (Phi) is 4.10. The number of rotatable bonds is 5. The van der Waals surface area contributed by atoms with Gasteiger partial charge in [-0.05, 0) is 17.7 Å². The Morgan fingerprint density at radius 3 is 2.43 bits per heavy atom. The minimum atomic E-state index is -1.01. The van der Waals surface area contributed by atoms with Gasteiger partial charge in [0.05, 0.1) is 12.8 Å². The number of nitrogens with one attached hydrogen (secondary N) is 1. The highest BCUT2D eigenvalue weighted by molar-refractivity contribution is 5.89. The molecule has 3 rings (SSSR count). The fraction of sp³-hybridized carbons (Fsp3) is 0.111. The van der Waals surface area contributed by atoms with Crippen molar-refractivity contribution in [2.24, 2.45) is 0 Å². The van der Waals surface area contributed by atoms with E-state index in [-0.39, 0.29) is 5.69 Å². The van der Waals surface area contributed by atoms with Crippen LogP contribution in [0.3, 0.4) is 0 Å². The monoisotopic (exact) mass is 308 g/mol. The van der Waals surface area contributed by atoms with Crippen LogP contribution in [0.4, 0.5) is 0 Å². The van der Waals surface area contributed by atoms with Crippen molar-refractivity contribution in [1.82, 2.24) is 10.2 Å². The Morgan fingerprint density at radius 2 is 1.83 bits per heavy atom. The van der Waals surface area contributed by atoms with E-state index < -0.39 is 5.97 Å². The molecule has 5 heteroatoms. The van der Waals surface area contributed by atoms with Gasteiger partial charge in [0.2, 0.25) is 0 Å². The topological polar surface area (TPSA) is 75.2 Å². The van der Waals surface area contributed by atoms with Crippen LogP contribution in [0, 0.1) is 0 Å². The molecule has 116 valence electrons. The van der Waals surface area contributed by atoms with Crippen molar-refractivity contribution in [3.05, 3.63) is 71.4 Å². The molecule has 0 aliphatic carbocycles. The minimum absolute atomic E-state index is 0.125. The molecule has 0 saturated carbocycles. The third-order valence-corrected chi connectivity index (χ3v) is 3.67. The molecule has 2 N–H and O–H groups in total. The molecule has 0 atom stereocenters. The first-order chi connectivity index (χ1) is 11.2. The third-order valence-electron chi connectivity index (χ3n) is 3.67. The van der Waals surface area contributed by atoms with Crippen LogP contribution in [-0.4, -0.2) is 28.4 Å². The average Bonchev–Trinajstić information content (AvgIpc) is 3.00. The molecule has 23 heavy (non-hydrogen) atoms. The fourth-order valence-corrected chi connectivity index (χ4v) is 2.50. The molecular formula is C18H16N2O3. The number of carboxylic acids is 1. The third kappa shape index (κ3) is 3.08. The molecule has 1 aromatic heterocycles. The predicted molar refractivity (Wildman–Crippen MR) is 86.8 cm³/mol. The zero-order valence-corrected chi connectivity index (χ0v) is 12.6. The summed E-state index contributed by atoms with van der Waals surface area (Å²) in [5.41, 5.74) is 3.35. The Morgan fingerprint density at radius 1 is 1.13 bits per heavy atom. The van der Waals surface area contributed by atoms with E-state index in [0.717, 1.165) is 16.9 Å². The lowest BCUT2D eigenvalue weighted by Gasteiger charge is -2.06. The highest BCUT2D eigenvalue weighted by atomic mass is 16.5. The number of ether oxygens (including phenoxy) is 1. The number of hydrogen-bond donors (Lipinski definition) is 2. The van der Waals surface area contributed by atoms with Gasteiger partial charge in [0, 0.05) is 17.5 Å². The van der Waals surface area contributed by atoms with Crippen LogP contribution >= 0.6 is 0 Å². The van der Waals surface area contributed by atoms with Gasteiger partial charge in [-0.25, -0.2) is 4.79 Å². The number of aromatic nitrogens is 2. The Balaban J connectivity index is 2.01. The zero-order chi connectivity index (χ0) is 16.2. The largest absolute Gasteiger partial charge is 0.497 e. The number of benzene rings is 2. The summed E-state index contributed by atoms with van der Waals surface area (Å²) in [4.78, 5) is 11.5. The van der Waals surface area contributed by atoms with E-state index in [9.17, 15) is 9.90 Å². The van der Waals surface area contributed by atoms with E-state index in [1.807, 2.05) is 54.6 Å². The van der Waals surface area contributed by atoms with Crippen LogP contribution in [0.2, 0.25) is 0 Å². The Bertz CT molecular complexity index is 808. The molecular weight excluding hydrogens is 292 g/mol. The lowest BCUT2D eigenvalue weighted by molar-refractivity contribution is 0.0689. The van der Waals surface area contributed by atoms with E-state index in [1.165, 1.54) is 0 Å². The second-order valence-corrected chi connectivity index (χ2v) is 5.12. The van der Waals surface area contributed by atoms with Gasteiger partial charge < -0.3 is 9.84 Å². The van der Waals surface area contributed by atoms with Crippen LogP contribution in [0.5, 0.6) is 5.75 Å². The number of carboxylic acid groups (broad SMARTS) is 1. The van der Waals surface area contributed by atoms with Crippen molar-refractivity contribution < 1.29 is 14.6 Å². The lowest BCUT2D eigenvalue weighted by atomic mass is 9.99. The van der Waals surface area contributed by atoms with Gasteiger partial charge in [0.25, 0.3) is 0 Å². The van der Waals surface area contributed by atoms with Gasteiger partial charge >= 0.3 is 5.97 Å². The second-order valence-electron chi connectivity index (χ2n) is 5.12. The van der Waals surface area contributed by atoms with Crippen LogP contribution in [0.25, 0.3) is 11.3 Å². The summed E-state index contributed by atoms with van der Waals surface area (Å²) in [5.74, 6) is -0.245. The predicted octanol–water partition coefficient (Wildman–Crippen LogP) is 3.37. The van der Waals surface area contributed by atoms with E-state index in [1.54, 1.807) is 7.11 Å². The minimum Gasteiger partial charge on any atom is -0.497 e. The Labute approximate surface area is 133 Å². The Hall–Kier alpha value is -3.08. The van der Waals surface area contributed by atoms with Crippen molar-refractivity contribution in [2.45, 2.75) is 6.42 Å². The molecule has 0 radical (unpaired) electrons. The zero-order valence-electron chi connectivity index (χ0n) is 12.6. The van der Waals surface area contributed by atoms with E-state index >= 15 is 0 Å².